The summed E-state index contributed by atoms with van der Waals surface area (Å²) in [5, 5.41) is 12.7. The van der Waals surface area contributed by atoms with Gasteiger partial charge < -0.3 is 19.9 Å². The average molecular weight is 357 g/mol. The zero-order valence-electron chi connectivity index (χ0n) is 14.6. The van der Waals surface area contributed by atoms with Gasteiger partial charge in [-0.15, -0.1) is 0 Å². The van der Waals surface area contributed by atoms with Crippen molar-refractivity contribution in [2.24, 2.45) is 0 Å². The van der Waals surface area contributed by atoms with E-state index in [1.807, 2.05) is 48.5 Å². The number of hydrogen-bond donors (Lipinski definition) is 2. The van der Waals surface area contributed by atoms with Crippen LogP contribution in [0.3, 0.4) is 0 Å². The Labute approximate surface area is 152 Å². The maximum atomic E-state index is 12.1. The number of amides is 1. The molecule has 138 valence electrons. The molecule has 0 aliphatic rings. The minimum atomic E-state index is -1.34. The molecule has 2 aromatic rings. The maximum absolute atomic E-state index is 12.1. The lowest BCUT2D eigenvalue weighted by Gasteiger charge is -2.21. The molecule has 0 radical (unpaired) electrons. The lowest BCUT2D eigenvalue weighted by atomic mass is 10.0. The van der Waals surface area contributed by atoms with Crippen molar-refractivity contribution in [3.8, 4) is 0 Å². The Morgan fingerprint density at radius 1 is 1.00 bits per heavy atom. The number of nitrogens with one attached hydrogen (secondary N) is 1. The topological polar surface area (TPSA) is 84.9 Å². The van der Waals surface area contributed by atoms with Crippen molar-refractivity contribution in [2.75, 3.05) is 6.61 Å². The third-order valence-corrected chi connectivity index (χ3v) is 3.72. The number of benzene rings is 2. The van der Waals surface area contributed by atoms with Gasteiger partial charge in [-0.3, -0.25) is 0 Å². The average Bonchev–Trinajstić information content (AvgIpc) is 2.67. The van der Waals surface area contributed by atoms with Gasteiger partial charge in [0.25, 0.3) is 0 Å². The first-order valence-corrected chi connectivity index (χ1v) is 8.47. The molecule has 0 aromatic heterocycles. The monoisotopic (exact) mass is 357 g/mol. The molecule has 2 atom stereocenters. The van der Waals surface area contributed by atoms with Crippen molar-refractivity contribution in [1.29, 1.82) is 0 Å². The Hall–Kier alpha value is -2.86. The Morgan fingerprint density at radius 2 is 1.62 bits per heavy atom. The molecular weight excluding hydrogens is 334 g/mol. The Bertz CT molecular complexity index is 690. The third kappa shape index (κ3) is 6.22. The fourth-order valence-corrected chi connectivity index (χ4v) is 2.43. The summed E-state index contributed by atoms with van der Waals surface area (Å²) in [5.41, 5.74) is 1.62. The smallest absolute Gasteiger partial charge is 0.407 e. The van der Waals surface area contributed by atoms with Crippen molar-refractivity contribution < 1.29 is 24.2 Å². The zero-order valence-corrected chi connectivity index (χ0v) is 14.6. The number of ether oxygens (including phenoxy) is 2. The summed E-state index contributed by atoms with van der Waals surface area (Å²) in [5.74, 6) is -0.715. The van der Waals surface area contributed by atoms with E-state index in [-0.39, 0.29) is 19.6 Å². The molecule has 1 amide bonds. The van der Waals surface area contributed by atoms with Gasteiger partial charge in [-0.25, -0.2) is 9.59 Å². The second-order valence-electron chi connectivity index (χ2n) is 5.67. The van der Waals surface area contributed by atoms with Crippen LogP contribution in [0.15, 0.2) is 60.7 Å². The normalized spacial score (nSPS) is 12.7. The summed E-state index contributed by atoms with van der Waals surface area (Å²) in [6.07, 6.45) is -1.98. The van der Waals surface area contributed by atoms with Crippen LogP contribution in [0.25, 0.3) is 0 Å². The van der Waals surface area contributed by atoms with E-state index in [2.05, 4.69) is 5.32 Å². The molecule has 2 aromatic carbocycles. The van der Waals surface area contributed by atoms with Crippen LogP contribution >= 0.6 is 0 Å². The number of alkyl carbamates (subject to hydrolysis) is 1. The molecule has 0 heterocycles. The maximum Gasteiger partial charge on any atom is 0.407 e. The number of carbonyl (C=O) groups is 2. The Balaban J connectivity index is 1.99. The minimum absolute atomic E-state index is 0.0106. The highest BCUT2D eigenvalue weighted by atomic mass is 16.6. The standard InChI is InChI=1S/C20H23NO5/c1-2-25-19(23)18(22)13-17(16-11-7-4-8-12-16)21-20(24)26-14-15-9-5-3-6-10-15/h3-12,17-18,22H,2,13-14H2,1H3,(H,21,24)/t17?,18-/m0/s1. The molecule has 0 saturated heterocycles. The van der Waals surface area contributed by atoms with Crippen LogP contribution in [0.5, 0.6) is 0 Å². The number of esters is 1. The van der Waals surface area contributed by atoms with Crippen molar-refractivity contribution in [2.45, 2.75) is 32.1 Å². The quantitative estimate of drug-likeness (QED) is 0.710. The zero-order chi connectivity index (χ0) is 18.8. The van der Waals surface area contributed by atoms with Crippen LogP contribution in [0.4, 0.5) is 4.79 Å². The summed E-state index contributed by atoms with van der Waals surface area (Å²) in [7, 11) is 0. The van der Waals surface area contributed by atoms with Gasteiger partial charge in [-0.1, -0.05) is 60.7 Å². The molecule has 26 heavy (non-hydrogen) atoms. The number of rotatable bonds is 8. The van der Waals surface area contributed by atoms with E-state index in [0.717, 1.165) is 11.1 Å². The van der Waals surface area contributed by atoms with E-state index in [0.29, 0.717) is 0 Å². The predicted molar refractivity (Wildman–Crippen MR) is 96.2 cm³/mol. The fourth-order valence-electron chi connectivity index (χ4n) is 2.43. The first kappa shape index (κ1) is 19.5. The summed E-state index contributed by atoms with van der Waals surface area (Å²) < 4.78 is 10.0. The molecule has 2 N–H and O–H groups in total. The first-order valence-electron chi connectivity index (χ1n) is 8.47. The number of hydrogen-bond acceptors (Lipinski definition) is 5. The van der Waals surface area contributed by atoms with Crippen LogP contribution in [0.1, 0.15) is 30.5 Å². The molecule has 1 unspecified atom stereocenters. The van der Waals surface area contributed by atoms with Gasteiger partial charge in [0, 0.05) is 6.42 Å². The van der Waals surface area contributed by atoms with E-state index in [4.69, 9.17) is 9.47 Å². The molecule has 6 nitrogen and oxygen atoms in total. The second kappa shape index (κ2) is 10.2. The Kier molecular flexibility index (Phi) is 7.64. The molecule has 2 rings (SSSR count). The summed E-state index contributed by atoms with van der Waals surface area (Å²) in [4.78, 5) is 23.8. The molecule has 6 heteroatoms. The van der Waals surface area contributed by atoms with E-state index in [1.54, 1.807) is 19.1 Å². The fraction of sp³-hybridized carbons (Fsp3) is 0.300. The SMILES string of the molecule is CCOC(=O)[C@@H](O)CC(NC(=O)OCc1ccccc1)c1ccccc1. The van der Waals surface area contributed by atoms with Gasteiger partial charge >= 0.3 is 12.1 Å². The predicted octanol–water partition coefficient (Wildman–Crippen LogP) is 2.97. The van der Waals surface area contributed by atoms with Gasteiger partial charge in [-0.2, -0.15) is 0 Å². The molecule has 0 bridgehead atoms. The highest BCUT2D eigenvalue weighted by Gasteiger charge is 2.24. The van der Waals surface area contributed by atoms with Gasteiger partial charge in [0.2, 0.25) is 0 Å². The van der Waals surface area contributed by atoms with Crippen molar-refractivity contribution in [1.82, 2.24) is 5.32 Å². The molecule has 0 fully saturated rings. The largest absolute Gasteiger partial charge is 0.464 e. The van der Waals surface area contributed by atoms with Crippen LogP contribution < -0.4 is 5.32 Å². The van der Waals surface area contributed by atoms with Gasteiger partial charge in [0.05, 0.1) is 12.6 Å². The highest BCUT2D eigenvalue weighted by molar-refractivity contribution is 5.74. The minimum Gasteiger partial charge on any atom is -0.464 e. The van der Waals surface area contributed by atoms with E-state index in [9.17, 15) is 14.7 Å². The van der Waals surface area contributed by atoms with Crippen LogP contribution in [-0.2, 0) is 20.9 Å². The third-order valence-electron chi connectivity index (χ3n) is 3.72. The van der Waals surface area contributed by atoms with Gasteiger partial charge in [0.15, 0.2) is 6.10 Å². The van der Waals surface area contributed by atoms with Crippen molar-refractivity contribution in [3.05, 3.63) is 71.8 Å². The number of carbonyl (C=O) groups excluding carboxylic acids is 2. The lowest BCUT2D eigenvalue weighted by Crippen LogP contribution is -2.34. The molecule has 0 aliphatic heterocycles. The lowest BCUT2D eigenvalue weighted by molar-refractivity contribution is -0.153. The van der Waals surface area contributed by atoms with E-state index in [1.165, 1.54) is 0 Å². The van der Waals surface area contributed by atoms with E-state index >= 15 is 0 Å². The highest BCUT2D eigenvalue weighted by Crippen LogP contribution is 2.19. The number of aliphatic hydroxyl groups is 1. The first-order chi connectivity index (χ1) is 12.6. The van der Waals surface area contributed by atoms with Crippen LogP contribution in [-0.4, -0.2) is 29.9 Å². The molecule has 0 saturated carbocycles. The van der Waals surface area contributed by atoms with Crippen LogP contribution in [0.2, 0.25) is 0 Å². The molecule has 0 aliphatic carbocycles. The van der Waals surface area contributed by atoms with Gasteiger partial charge in [-0.05, 0) is 18.1 Å². The second-order valence-corrected chi connectivity index (χ2v) is 5.67. The van der Waals surface area contributed by atoms with Crippen molar-refractivity contribution >= 4 is 12.1 Å². The van der Waals surface area contributed by atoms with Gasteiger partial charge in [0.1, 0.15) is 6.61 Å². The molecular formula is C20H23NO5. The van der Waals surface area contributed by atoms with Crippen molar-refractivity contribution in [3.63, 3.8) is 0 Å². The summed E-state index contributed by atoms with van der Waals surface area (Å²) in [6, 6.07) is 17.8. The Morgan fingerprint density at radius 3 is 2.23 bits per heavy atom. The summed E-state index contributed by atoms with van der Waals surface area (Å²) in [6.45, 7) is 1.98. The number of aliphatic hydroxyl groups excluding tert-OH is 1. The molecule has 0 spiro atoms. The van der Waals surface area contributed by atoms with Crippen LogP contribution in [0, 0.1) is 0 Å². The summed E-state index contributed by atoms with van der Waals surface area (Å²) >= 11 is 0. The van der Waals surface area contributed by atoms with E-state index < -0.39 is 24.2 Å².